The lowest BCUT2D eigenvalue weighted by atomic mass is 10.3. The number of benzene rings is 1. The number of aromatic nitrogens is 2. The molecule has 0 aliphatic heterocycles. The third-order valence-corrected chi connectivity index (χ3v) is 3.09. The van der Waals surface area contributed by atoms with Crippen LogP contribution in [0.5, 0.6) is 11.6 Å². The molecule has 0 fully saturated rings. The van der Waals surface area contributed by atoms with Crippen molar-refractivity contribution in [2.45, 2.75) is 6.92 Å². The number of hydrogen-bond donors (Lipinski definition) is 1. The van der Waals surface area contributed by atoms with Crippen molar-refractivity contribution in [3.8, 4) is 11.6 Å². The molecule has 18 heavy (non-hydrogen) atoms. The van der Waals surface area contributed by atoms with Crippen molar-refractivity contribution in [2.75, 3.05) is 5.73 Å². The maximum absolute atomic E-state index is 5.88. The van der Waals surface area contributed by atoms with E-state index >= 15 is 0 Å². The molecule has 2 N–H and O–H groups in total. The molecule has 0 bridgehead atoms. The zero-order chi connectivity index (χ0) is 13.3. The second-order valence-corrected chi connectivity index (χ2v) is 4.63. The van der Waals surface area contributed by atoms with Gasteiger partial charge in [-0.25, -0.2) is 4.98 Å². The average molecular weight is 305 g/mol. The normalized spacial score (nSPS) is 10.4. The van der Waals surface area contributed by atoms with Crippen LogP contribution in [-0.4, -0.2) is 9.97 Å². The van der Waals surface area contributed by atoms with Crippen LogP contribution < -0.4 is 10.5 Å². The lowest BCUT2D eigenvalue weighted by molar-refractivity contribution is 0.464. The Bertz CT molecular complexity index is 604. The van der Waals surface area contributed by atoms with Crippen molar-refractivity contribution in [3.63, 3.8) is 0 Å². The van der Waals surface area contributed by atoms with E-state index in [0.29, 0.717) is 27.2 Å². The van der Waals surface area contributed by atoms with Crippen molar-refractivity contribution >= 4 is 40.5 Å². The van der Waals surface area contributed by atoms with E-state index in [-0.39, 0.29) is 11.2 Å². The first-order chi connectivity index (χ1) is 8.47. The van der Waals surface area contributed by atoms with E-state index in [1.807, 2.05) is 0 Å². The molecule has 7 heteroatoms. The van der Waals surface area contributed by atoms with Crippen molar-refractivity contribution in [1.82, 2.24) is 9.97 Å². The molecule has 0 atom stereocenters. The summed E-state index contributed by atoms with van der Waals surface area (Å²) in [4.78, 5) is 7.82. The van der Waals surface area contributed by atoms with Crippen molar-refractivity contribution in [3.05, 3.63) is 39.2 Å². The second-order valence-electron chi connectivity index (χ2n) is 3.47. The average Bonchev–Trinajstić information content (AvgIpc) is 2.30. The van der Waals surface area contributed by atoms with Gasteiger partial charge < -0.3 is 10.5 Å². The summed E-state index contributed by atoms with van der Waals surface area (Å²) in [6.45, 7) is 1.71. The van der Waals surface area contributed by atoms with E-state index in [9.17, 15) is 0 Å². The van der Waals surface area contributed by atoms with Gasteiger partial charge in [-0.2, -0.15) is 4.98 Å². The molecule has 0 amide bonds. The highest BCUT2D eigenvalue weighted by molar-refractivity contribution is 6.42. The molecular weight excluding hydrogens is 297 g/mol. The van der Waals surface area contributed by atoms with E-state index in [1.54, 1.807) is 25.1 Å². The first-order valence-electron chi connectivity index (χ1n) is 4.90. The molecule has 0 unspecified atom stereocenters. The minimum atomic E-state index is 0.0664. The van der Waals surface area contributed by atoms with Gasteiger partial charge >= 0.3 is 0 Å². The van der Waals surface area contributed by atoms with Crippen LogP contribution in [0.25, 0.3) is 0 Å². The minimum absolute atomic E-state index is 0.0664. The van der Waals surface area contributed by atoms with Gasteiger partial charge in [-0.05, 0) is 30.7 Å². The number of rotatable bonds is 2. The molecule has 1 aromatic carbocycles. The summed E-state index contributed by atoms with van der Waals surface area (Å²) in [6, 6.07) is 4.83. The molecule has 4 nitrogen and oxygen atoms in total. The van der Waals surface area contributed by atoms with E-state index in [0.717, 1.165) is 0 Å². The van der Waals surface area contributed by atoms with Gasteiger partial charge in [0.25, 0.3) is 0 Å². The molecule has 1 aromatic heterocycles. The number of hydrogen-bond acceptors (Lipinski definition) is 4. The molecule has 0 saturated heterocycles. The summed E-state index contributed by atoms with van der Waals surface area (Å²) in [5.41, 5.74) is 6.67. The highest BCUT2D eigenvalue weighted by Crippen LogP contribution is 2.32. The Kier molecular flexibility index (Phi) is 3.80. The number of halogens is 3. The van der Waals surface area contributed by atoms with Crippen molar-refractivity contribution in [2.24, 2.45) is 0 Å². The summed E-state index contributed by atoms with van der Waals surface area (Å²) in [5, 5.41) is 0.885. The molecule has 1 heterocycles. The molecule has 0 aliphatic carbocycles. The van der Waals surface area contributed by atoms with Crippen molar-refractivity contribution < 1.29 is 4.74 Å². The number of anilines is 1. The smallest absolute Gasteiger partial charge is 0.247 e. The van der Waals surface area contributed by atoms with Gasteiger partial charge in [0.2, 0.25) is 11.2 Å². The summed E-state index contributed by atoms with van der Waals surface area (Å²) < 4.78 is 5.50. The lowest BCUT2D eigenvalue weighted by Gasteiger charge is -2.09. The maximum atomic E-state index is 5.88. The quantitative estimate of drug-likeness (QED) is 0.848. The van der Waals surface area contributed by atoms with E-state index in [1.165, 1.54) is 0 Å². The highest BCUT2D eigenvalue weighted by Gasteiger charge is 2.10. The zero-order valence-corrected chi connectivity index (χ0v) is 11.5. The van der Waals surface area contributed by atoms with Crippen LogP contribution in [0.3, 0.4) is 0 Å². The fourth-order valence-electron chi connectivity index (χ4n) is 1.25. The number of nitrogens with two attached hydrogens (primary N) is 1. The first-order valence-corrected chi connectivity index (χ1v) is 6.03. The fraction of sp³-hybridized carbons (Fsp3) is 0.0909. The number of ether oxygens (including phenoxy) is 1. The van der Waals surface area contributed by atoms with Crippen molar-refractivity contribution in [1.29, 1.82) is 0 Å². The Balaban J connectivity index is 2.36. The molecule has 0 aliphatic rings. The predicted octanol–water partition coefficient (Wildman–Crippen LogP) is 4.12. The molecule has 94 valence electrons. The lowest BCUT2D eigenvalue weighted by Crippen LogP contribution is -2.00. The number of nitrogens with zero attached hydrogens (tertiary/aromatic N) is 2. The zero-order valence-electron chi connectivity index (χ0n) is 9.25. The highest BCUT2D eigenvalue weighted by atomic mass is 35.5. The van der Waals surface area contributed by atoms with Gasteiger partial charge in [-0.1, -0.05) is 23.2 Å². The number of aryl methyl sites for hydroxylation is 1. The Hall–Kier alpha value is -1.23. The summed E-state index contributed by atoms with van der Waals surface area (Å²) in [6.07, 6.45) is 0. The second kappa shape index (κ2) is 5.18. The fourth-order valence-corrected chi connectivity index (χ4v) is 1.74. The van der Waals surface area contributed by atoms with E-state index in [2.05, 4.69) is 9.97 Å². The van der Waals surface area contributed by atoms with E-state index < -0.39 is 0 Å². The van der Waals surface area contributed by atoms with Crippen LogP contribution in [-0.2, 0) is 0 Å². The standard InChI is InChI=1S/C11H8Cl3N3O/c1-5-9(15)10(17-11(14)16-5)18-6-2-3-7(12)8(13)4-6/h2-4H,15H2,1H3. The van der Waals surface area contributed by atoms with Gasteiger partial charge in [0.05, 0.1) is 15.7 Å². The summed E-state index contributed by atoms with van der Waals surface area (Å²) in [7, 11) is 0. The molecule has 0 spiro atoms. The largest absolute Gasteiger partial charge is 0.437 e. The Morgan fingerprint density at radius 3 is 2.50 bits per heavy atom. The molecule has 2 rings (SSSR count). The summed E-state index contributed by atoms with van der Waals surface area (Å²) >= 11 is 17.4. The van der Waals surface area contributed by atoms with Gasteiger partial charge in [-0.3, -0.25) is 0 Å². The molecule has 2 aromatic rings. The monoisotopic (exact) mass is 303 g/mol. The topological polar surface area (TPSA) is 61.0 Å². The summed E-state index contributed by atoms with van der Waals surface area (Å²) in [5.74, 6) is 0.649. The van der Waals surface area contributed by atoms with Crippen LogP contribution in [0, 0.1) is 6.92 Å². The van der Waals surface area contributed by atoms with Crippen LogP contribution in [0.15, 0.2) is 18.2 Å². The third-order valence-electron chi connectivity index (χ3n) is 2.18. The predicted molar refractivity (Wildman–Crippen MR) is 72.7 cm³/mol. The molecule has 0 radical (unpaired) electrons. The Morgan fingerprint density at radius 1 is 1.11 bits per heavy atom. The van der Waals surface area contributed by atoms with Crippen LogP contribution >= 0.6 is 34.8 Å². The van der Waals surface area contributed by atoms with Gasteiger partial charge in [0.1, 0.15) is 11.4 Å². The third kappa shape index (κ3) is 2.77. The van der Waals surface area contributed by atoms with E-state index in [4.69, 9.17) is 45.3 Å². The Morgan fingerprint density at radius 2 is 1.83 bits per heavy atom. The molecular formula is C11H8Cl3N3O. The SMILES string of the molecule is Cc1nc(Cl)nc(Oc2ccc(Cl)c(Cl)c2)c1N. The minimum Gasteiger partial charge on any atom is -0.437 e. The molecule has 0 saturated carbocycles. The first kappa shape index (κ1) is 13.2. The van der Waals surface area contributed by atoms with Gasteiger partial charge in [0.15, 0.2) is 0 Å². The van der Waals surface area contributed by atoms with Gasteiger partial charge in [0, 0.05) is 6.07 Å². The van der Waals surface area contributed by atoms with Gasteiger partial charge in [-0.15, -0.1) is 0 Å². The van der Waals surface area contributed by atoms with Crippen LogP contribution in [0.2, 0.25) is 15.3 Å². The number of nitrogen functional groups attached to an aromatic ring is 1. The van der Waals surface area contributed by atoms with Crippen LogP contribution in [0.1, 0.15) is 5.69 Å². The Labute approximate surface area is 119 Å². The maximum Gasteiger partial charge on any atom is 0.247 e. The van der Waals surface area contributed by atoms with Crippen LogP contribution in [0.4, 0.5) is 5.69 Å².